The summed E-state index contributed by atoms with van der Waals surface area (Å²) in [4.78, 5) is 11.4. The van der Waals surface area contributed by atoms with Gasteiger partial charge >= 0.3 is 0 Å². The lowest BCUT2D eigenvalue weighted by atomic mass is 10.1. The SMILES string of the molecule is O=C1Nc2cc(I)cc(F)c2C1(Br)Br. The smallest absolute Gasteiger partial charge is 0.256 e. The van der Waals surface area contributed by atoms with Crippen molar-refractivity contribution in [1.29, 1.82) is 0 Å². The Balaban J connectivity index is 2.71. The van der Waals surface area contributed by atoms with E-state index in [1.807, 2.05) is 22.6 Å². The largest absolute Gasteiger partial charge is 0.323 e. The number of amides is 1. The predicted octanol–water partition coefficient (Wildman–Crippen LogP) is 3.33. The summed E-state index contributed by atoms with van der Waals surface area (Å²) in [6, 6.07) is 3.11. The number of carbonyl (C=O) groups is 1. The van der Waals surface area contributed by atoms with Gasteiger partial charge in [-0.05, 0) is 34.7 Å². The van der Waals surface area contributed by atoms with Crippen LogP contribution in [-0.4, -0.2) is 5.91 Å². The molecular formula is C8H3Br2FINO. The van der Waals surface area contributed by atoms with E-state index in [0.717, 1.165) is 3.57 Å². The third-order valence-electron chi connectivity index (χ3n) is 1.90. The molecule has 0 aromatic heterocycles. The summed E-state index contributed by atoms with van der Waals surface area (Å²) in [5.74, 6) is -0.715. The molecule has 0 spiro atoms. The highest BCUT2D eigenvalue weighted by molar-refractivity contribution is 14.1. The Morgan fingerprint density at radius 3 is 2.71 bits per heavy atom. The Morgan fingerprint density at radius 2 is 2.07 bits per heavy atom. The van der Waals surface area contributed by atoms with Crippen molar-refractivity contribution < 1.29 is 9.18 Å². The molecule has 0 saturated heterocycles. The van der Waals surface area contributed by atoms with Gasteiger partial charge < -0.3 is 5.32 Å². The molecule has 0 saturated carbocycles. The Kier molecular flexibility index (Phi) is 2.64. The van der Waals surface area contributed by atoms with Gasteiger partial charge in [-0.2, -0.15) is 0 Å². The van der Waals surface area contributed by atoms with Crippen LogP contribution in [0.25, 0.3) is 0 Å². The number of benzene rings is 1. The molecule has 74 valence electrons. The van der Waals surface area contributed by atoms with E-state index in [9.17, 15) is 9.18 Å². The summed E-state index contributed by atoms with van der Waals surface area (Å²) < 4.78 is 13.2. The first-order chi connectivity index (χ1) is 6.43. The highest BCUT2D eigenvalue weighted by atomic mass is 127. The van der Waals surface area contributed by atoms with Crippen molar-refractivity contribution in [2.24, 2.45) is 0 Å². The molecule has 0 unspecified atom stereocenters. The molecule has 0 fully saturated rings. The van der Waals surface area contributed by atoms with Crippen LogP contribution in [0.1, 0.15) is 5.56 Å². The van der Waals surface area contributed by atoms with Crippen molar-refractivity contribution >= 4 is 66.0 Å². The number of anilines is 1. The van der Waals surface area contributed by atoms with Crippen molar-refractivity contribution in [3.63, 3.8) is 0 Å². The Morgan fingerprint density at radius 1 is 1.43 bits per heavy atom. The van der Waals surface area contributed by atoms with Gasteiger partial charge in [0.15, 0.2) is 3.23 Å². The Labute approximate surface area is 110 Å². The quantitative estimate of drug-likeness (QED) is 0.492. The highest BCUT2D eigenvalue weighted by Gasteiger charge is 2.45. The molecule has 2 rings (SSSR count). The number of rotatable bonds is 0. The number of hydrogen-bond acceptors (Lipinski definition) is 1. The molecule has 6 heteroatoms. The Hall–Kier alpha value is 0.310. The van der Waals surface area contributed by atoms with Gasteiger partial charge in [0, 0.05) is 9.13 Å². The second kappa shape index (κ2) is 3.41. The zero-order chi connectivity index (χ0) is 10.5. The van der Waals surface area contributed by atoms with E-state index >= 15 is 0 Å². The minimum Gasteiger partial charge on any atom is -0.323 e. The van der Waals surface area contributed by atoms with Crippen LogP contribution in [0.4, 0.5) is 10.1 Å². The third-order valence-corrected chi connectivity index (χ3v) is 4.04. The zero-order valence-electron chi connectivity index (χ0n) is 6.57. The van der Waals surface area contributed by atoms with E-state index < -0.39 is 9.05 Å². The van der Waals surface area contributed by atoms with Crippen LogP contribution in [0.3, 0.4) is 0 Å². The van der Waals surface area contributed by atoms with Crippen LogP contribution in [0.2, 0.25) is 0 Å². The predicted molar refractivity (Wildman–Crippen MR) is 67.3 cm³/mol. The maximum Gasteiger partial charge on any atom is 0.256 e. The maximum absolute atomic E-state index is 13.6. The molecule has 2 nitrogen and oxygen atoms in total. The van der Waals surface area contributed by atoms with Crippen molar-refractivity contribution in [1.82, 2.24) is 0 Å². The molecule has 1 aliphatic rings. The normalized spacial score (nSPS) is 17.9. The van der Waals surface area contributed by atoms with Gasteiger partial charge in [-0.3, -0.25) is 4.79 Å². The fourth-order valence-corrected chi connectivity index (χ4v) is 2.89. The average molecular weight is 435 g/mol. The molecule has 0 atom stereocenters. The number of halogens is 4. The number of fused-ring (bicyclic) bond motifs is 1. The first-order valence-corrected chi connectivity index (χ1v) is 6.28. The summed E-state index contributed by atoms with van der Waals surface area (Å²) in [5, 5.41) is 2.59. The molecular weight excluding hydrogens is 432 g/mol. The summed E-state index contributed by atoms with van der Waals surface area (Å²) >= 11 is 8.28. The minimum atomic E-state index is -1.14. The van der Waals surface area contributed by atoms with Gasteiger partial charge in [-0.1, -0.05) is 31.9 Å². The maximum atomic E-state index is 13.6. The van der Waals surface area contributed by atoms with Gasteiger partial charge in [0.2, 0.25) is 0 Å². The van der Waals surface area contributed by atoms with Gasteiger partial charge in [-0.25, -0.2) is 4.39 Å². The summed E-state index contributed by atoms with van der Waals surface area (Å²) in [7, 11) is 0. The van der Waals surface area contributed by atoms with Gasteiger partial charge in [-0.15, -0.1) is 0 Å². The number of carbonyl (C=O) groups excluding carboxylic acids is 1. The van der Waals surface area contributed by atoms with Crippen molar-refractivity contribution in [2.75, 3.05) is 5.32 Å². The molecule has 1 heterocycles. The van der Waals surface area contributed by atoms with Gasteiger partial charge in [0.05, 0.1) is 5.69 Å². The number of nitrogens with one attached hydrogen (secondary N) is 1. The fourth-order valence-electron chi connectivity index (χ4n) is 1.31. The number of hydrogen-bond donors (Lipinski definition) is 1. The van der Waals surface area contributed by atoms with Crippen molar-refractivity contribution in [3.05, 3.63) is 27.1 Å². The molecule has 0 radical (unpaired) electrons. The van der Waals surface area contributed by atoms with E-state index in [1.165, 1.54) is 6.07 Å². The first kappa shape index (κ1) is 10.8. The summed E-state index contributed by atoms with van der Waals surface area (Å²) in [5.41, 5.74) is 0.816. The van der Waals surface area contributed by atoms with Crippen molar-refractivity contribution in [3.8, 4) is 0 Å². The van der Waals surface area contributed by atoms with Crippen LogP contribution in [0.5, 0.6) is 0 Å². The lowest BCUT2D eigenvalue weighted by molar-refractivity contribution is -0.115. The molecule has 1 amide bonds. The molecule has 1 aliphatic heterocycles. The Bertz CT molecular complexity index is 436. The van der Waals surface area contributed by atoms with E-state index in [1.54, 1.807) is 6.07 Å². The zero-order valence-corrected chi connectivity index (χ0v) is 11.9. The molecule has 0 aliphatic carbocycles. The van der Waals surface area contributed by atoms with Crippen LogP contribution in [0.15, 0.2) is 12.1 Å². The molecule has 14 heavy (non-hydrogen) atoms. The highest BCUT2D eigenvalue weighted by Crippen LogP contribution is 2.48. The van der Waals surface area contributed by atoms with E-state index in [0.29, 0.717) is 11.3 Å². The lowest BCUT2D eigenvalue weighted by Crippen LogP contribution is -2.20. The summed E-state index contributed by atoms with van der Waals surface area (Å²) in [6.45, 7) is 0. The average Bonchev–Trinajstić information content (AvgIpc) is 2.21. The van der Waals surface area contributed by atoms with Gasteiger partial charge in [0.1, 0.15) is 5.82 Å². The van der Waals surface area contributed by atoms with Gasteiger partial charge in [0.25, 0.3) is 5.91 Å². The van der Waals surface area contributed by atoms with Crippen LogP contribution < -0.4 is 5.32 Å². The molecule has 0 bridgehead atoms. The monoisotopic (exact) mass is 433 g/mol. The molecule has 1 aromatic carbocycles. The standard InChI is InChI=1S/C8H3Br2FINO/c9-8(10)6-4(11)1-3(12)2-5(6)13-7(8)14/h1-2H,(H,13,14). The van der Waals surface area contributed by atoms with Crippen LogP contribution >= 0.6 is 54.5 Å². The molecule has 1 aromatic rings. The fraction of sp³-hybridized carbons (Fsp3) is 0.125. The number of alkyl halides is 2. The minimum absolute atomic E-state index is 0.308. The molecule has 1 N–H and O–H groups in total. The van der Waals surface area contributed by atoms with Crippen LogP contribution in [-0.2, 0) is 8.03 Å². The van der Waals surface area contributed by atoms with Crippen LogP contribution in [0, 0.1) is 9.39 Å². The third kappa shape index (κ3) is 1.51. The first-order valence-electron chi connectivity index (χ1n) is 3.61. The lowest BCUT2D eigenvalue weighted by Gasteiger charge is -2.11. The summed E-state index contributed by atoms with van der Waals surface area (Å²) in [6.07, 6.45) is 0. The van der Waals surface area contributed by atoms with E-state index in [-0.39, 0.29) is 5.91 Å². The van der Waals surface area contributed by atoms with E-state index in [4.69, 9.17) is 0 Å². The van der Waals surface area contributed by atoms with E-state index in [2.05, 4.69) is 37.2 Å². The van der Waals surface area contributed by atoms with Crippen molar-refractivity contribution in [2.45, 2.75) is 3.23 Å². The second-order valence-electron chi connectivity index (χ2n) is 2.84. The second-order valence-corrected chi connectivity index (χ2v) is 7.53. The topological polar surface area (TPSA) is 29.1 Å².